The number of rotatable bonds is 2. The molecular formula is C16H22N2O2. The lowest BCUT2D eigenvalue weighted by Crippen LogP contribution is -2.51. The Labute approximate surface area is 120 Å². The predicted octanol–water partition coefficient (Wildman–Crippen LogP) is 1.94. The van der Waals surface area contributed by atoms with Crippen LogP contribution in [0.3, 0.4) is 0 Å². The molecule has 0 radical (unpaired) electrons. The minimum absolute atomic E-state index is 0.0219. The quantitative estimate of drug-likeness (QED) is 0.827. The molecule has 1 aliphatic heterocycles. The van der Waals surface area contributed by atoms with Crippen LogP contribution in [0.4, 0.5) is 0 Å². The average Bonchev–Trinajstić information content (AvgIpc) is 2.46. The van der Waals surface area contributed by atoms with Crippen LogP contribution in [0.2, 0.25) is 0 Å². The summed E-state index contributed by atoms with van der Waals surface area (Å²) in [4.78, 5) is 28.1. The van der Waals surface area contributed by atoms with Gasteiger partial charge in [-0.05, 0) is 18.6 Å². The molecule has 4 heteroatoms. The van der Waals surface area contributed by atoms with Crippen molar-refractivity contribution >= 4 is 11.8 Å². The van der Waals surface area contributed by atoms with Crippen LogP contribution in [0, 0.1) is 12.8 Å². The van der Waals surface area contributed by atoms with E-state index in [1.807, 2.05) is 54.8 Å². The van der Waals surface area contributed by atoms with Crippen LogP contribution in [-0.4, -0.2) is 47.8 Å². The number of hydrogen-bond donors (Lipinski definition) is 0. The molecule has 1 aromatic carbocycles. The second kappa shape index (κ2) is 6.07. The Morgan fingerprint density at radius 2 is 1.55 bits per heavy atom. The van der Waals surface area contributed by atoms with Gasteiger partial charge >= 0.3 is 0 Å². The van der Waals surface area contributed by atoms with E-state index in [4.69, 9.17) is 0 Å². The molecule has 20 heavy (non-hydrogen) atoms. The number of aryl methyl sites for hydroxylation is 1. The van der Waals surface area contributed by atoms with Crippen molar-refractivity contribution in [2.45, 2.75) is 20.8 Å². The molecule has 1 fully saturated rings. The predicted molar refractivity (Wildman–Crippen MR) is 78.5 cm³/mol. The van der Waals surface area contributed by atoms with Gasteiger partial charge in [-0.25, -0.2) is 0 Å². The van der Waals surface area contributed by atoms with E-state index in [0.29, 0.717) is 26.2 Å². The molecule has 1 saturated heterocycles. The van der Waals surface area contributed by atoms with E-state index in [0.717, 1.165) is 11.1 Å². The fourth-order valence-corrected chi connectivity index (χ4v) is 2.48. The SMILES string of the molecule is Cc1ccccc1C(=O)N1CCN(C(=O)C(C)C)CC1. The number of benzene rings is 1. The Hall–Kier alpha value is -1.84. The Morgan fingerprint density at radius 1 is 1.00 bits per heavy atom. The summed E-state index contributed by atoms with van der Waals surface area (Å²) in [7, 11) is 0. The first-order valence-electron chi connectivity index (χ1n) is 7.14. The summed E-state index contributed by atoms with van der Waals surface area (Å²) in [6.45, 7) is 8.27. The van der Waals surface area contributed by atoms with Crippen molar-refractivity contribution in [1.82, 2.24) is 9.80 Å². The van der Waals surface area contributed by atoms with E-state index in [1.165, 1.54) is 0 Å². The summed E-state index contributed by atoms with van der Waals surface area (Å²) in [6, 6.07) is 7.64. The summed E-state index contributed by atoms with van der Waals surface area (Å²) < 4.78 is 0. The second-order valence-corrected chi connectivity index (χ2v) is 5.59. The van der Waals surface area contributed by atoms with Crippen LogP contribution in [0.1, 0.15) is 29.8 Å². The first kappa shape index (κ1) is 14.6. The van der Waals surface area contributed by atoms with Gasteiger partial charge in [0.15, 0.2) is 0 Å². The van der Waals surface area contributed by atoms with Gasteiger partial charge in [0.25, 0.3) is 5.91 Å². The maximum absolute atomic E-state index is 12.5. The number of carbonyl (C=O) groups excluding carboxylic acids is 2. The van der Waals surface area contributed by atoms with Crippen molar-refractivity contribution in [2.24, 2.45) is 5.92 Å². The number of hydrogen-bond acceptors (Lipinski definition) is 2. The molecule has 108 valence electrons. The highest BCUT2D eigenvalue weighted by Crippen LogP contribution is 2.13. The molecule has 0 unspecified atom stereocenters. The average molecular weight is 274 g/mol. The Bertz CT molecular complexity index is 503. The van der Waals surface area contributed by atoms with Gasteiger partial charge in [0.2, 0.25) is 5.91 Å². The fraction of sp³-hybridized carbons (Fsp3) is 0.500. The zero-order valence-electron chi connectivity index (χ0n) is 12.4. The van der Waals surface area contributed by atoms with E-state index in [2.05, 4.69) is 0 Å². The zero-order valence-corrected chi connectivity index (χ0v) is 12.4. The highest BCUT2D eigenvalue weighted by molar-refractivity contribution is 5.95. The summed E-state index contributed by atoms with van der Waals surface area (Å²) in [6.07, 6.45) is 0. The fourth-order valence-electron chi connectivity index (χ4n) is 2.48. The number of amides is 2. The molecular weight excluding hydrogens is 252 g/mol. The molecule has 0 bridgehead atoms. The van der Waals surface area contributed by atoms with Gasteiger partial charge in [0.1, 0.15) is 0 Å². The molecule has 0 aromatic heterocycles. The van der Waals surface area contributed by atoms with Crippen molar-refractivity contribution in [3.05, 3.63) is 35.4 Å². The minimum Gasteiger partial charge on any atom is -0.339 e. The molecule has 1 heterocycles. The molecule has 0 spiro atoms. The van der Waals surface area contributed by atoms with Gasteiger partial charge in [-0.1, -0.05) is 32.0 Å². The van der Waals surface area contributed by atoms with E-state index in [-0.39, 0.29) is 17.7 Å². The summed E-state index contributed by atoms with van der Waals surface area (Å²) in [5.41, 5.74) is 1.76. The third-order valence-corrected chi connectivity index (χ3v) is 3.75. The van der Waals surface area contributed by atoms with Crippen LogP contribution in [-0.2, 0) is 4.79 Å². The standard InChI is InChI=1S/C16H22N2O2/c1-12(2)15(19)17-8-10-18(11-9-17)16(20)14-7-5-4-6-13(14)3/h4-7,12H,8-11H2,1-3H3. The topological polar surface area (TPSA) is 40.6 Å². The van der Waals surface area contributed by atoms with Crippen molar-refractivity contribution in [2.75, 3.05) is 26.2 Å². The van der Waals surface area contributed by atoms with Crippen molar-refractivity contribution < 1.29 is 9.59 Å². The van der Waals surface area contributed by atoms with Gasteiger partial charge in [-0.15, -0.1) is 0 Å². The lowest BCUT2D eigenvalue weighted by molar-refractivity contribution is -0.135. The molecule has 0 saturated carbocycles. The Kier molecular flexibility index (Phi) is 4.42. The molecule has 2 amide bonds. The molecule has 0 atom stereocenters. The summed E-state index contributed by atoms with van der Waals surface area (Å²) in [5.74, 6) is 0.265. The van der Waals surface area contributed by atoms with Crippen molar-refractivity contribution in [1.29, 1.82) is 0 Å². The first-order valence-corrected chi connectivity index (χ1v) is 7.14. The number of piperazine rings is 1. The summed E-state index contributed by atoms with van der Waals surface area (Å²) in [5, 5.41) is 0. The zero-order chi connectivity index (χ0) is 14.7. The minimum atomic E-state index is 0.0219. The van der Waals surface area contributed by atoms with Gasteiger partial charge in [-0.2, -0.15) is 0 Å². The van der Waals surface area contributed by atoms with Crippen molar-refractivity contribution in [3.63, 3.8) is 0 Å². The van der Waals surface area contributed by atoms with E-state index < -0.39 is 0 Å². The van der Waals surface area contributed by atoms with E-state index >= 15 is 0 Å². The van der Waals surface area contributed by atoms with Gasteiger partial charge in [0, 0.05) is 37.7 Å². The monoisotopic (exact) mass is 274 g/mol. The molecule has 0 aliphatic carbocycles. The Morgan fingerprint density at radius 3 is 2.10 bits per heavy atom. The third-order valence-electron chi connectivity index (χ3n) is 3.75. The molecule has 1 aliphatic rings. The maximum Gasteiger partial charge on any atom is 0.254 e. The van der Waals surface area contributed by atoms with Gasteiger partial charge in [-0.3, -0.25) is 9.59 Å². The second-order valence-electron chi connectivity index (χ2n) is 5.59. The number of nitrogens with zero attached hydrogens (tertiary/aromatic N) is 2. The molecule has 0 N–H and O–H groups in total. The van der Waals surface area contributed by atoms with Gasteiger partial charge < -0.3 is 9.80 Å². The van der Waals surface area contributed by atoms with E-state index in [9.17, 15) is 9.59 Å². The van der Waals surface area contributed by atoms with Gasteiger partial charge in [0.05, 0.1) is 0 Å². The Balaban J connectivity index is 1.99. The maximum atomic E-state index is 12.5. The lowest BCUT2D eigenvalue weighted by atomic mass is 10.1. The van der Waals surface area contributed by atoms with Crippen LogP contribution >= 0.6 is 0 Å². The number of carbonyl (C=O) groups is 2. The highest BCUT2D eigenvalue weighted by Gasteiger charge is 2.26. The molecule has 1 aromatic rings. The largest absolute Gasteiger partial charge is 0.339 e. The van der Waals surface area contributed by atoms with Crippen molar-refractivity contribution in [3.8, 4) is 0 Å². The lowest BCUT2D eigenvalue weighted by Gasteiger charge is -2.35. The van der Waals surface area contributed by atoms with Crippen LogP contribution in [0.25, 0.3) is 0 Å². The van der Waals surface area contributed by atoms with Crippen LogP contribution < -0.4 is 0 Å². The van der Waals surface area contributed by atoms with Crippen LogP contribution in [0.5, 0.6) is 0 Å². The molecule has 4 nitrogen and oxygen atoms in total. The summed E-state index contributed by atoms with van der Waals surface area (Å²) >= 11 is 0. The third kappa shape index (κ3) is 3.00. The molecule has 2 rings (SSSR count). The highest BCUT2D eigenvalue weighted by atomic mass is 16.2. The van der Waals surface area contributed by atoms with Crippen LogP contribution in [0.15, 0.2) is 24.3 Å². The van der Waals surface area contributed by atoms with E-state index in [1.54, 1.807) is 0 Å². The first-order chi connectivity index (χ1) is 9.50. The smallest absolute Gasteiger partial charge is 0.254 e. The normalized spacial score (nSPS) is 15.6.